The molecule has 0 aliphatic carbocycles. The summed E-state index contributed by atoms with van der Waals surface area (Å²) in [6.45, 7) is 0.540. The van der Waals surface area contributed by atoms with Crippen LogP contribution in [0.4, 0.5) is 0 Å². The molecule has 0 heterocycles. The summed E-state index contributed by atoms with van der Waals surface area (Å²) in [5.74, 6) is 0.833. The van der Waals surface area contributed by atoms with Gasteiger partial charge < -0.3 is 9.84 Å². The molecule has 1 aromatic carbocycles. The van der Waals surface area contributed by atoms with Crippen molar-refractivity contribution in [2.45, 2.75) is 0 Å². The lowest BCUT2D eigenvalue weighted by molar-refractivity contribution is 0.307. The van der Waals surface area contributed by atoms with Crippen molar-refractivity contribution < 1.29 is 9.84 Å². The minimum absolute atomic E-state index is 0.0899. The van der Waals surface area contributed by atoms with Gasteiger partial charge in [-0.25, -0.2) is 0 Å². The Morgan fingerprint density at radius 1 is 1.38 bits per heavy atom. The highest BCUT2D eigenvalue weighted by molar-refractivity contribution is 5.79. The largest absolute Gasteiger partial charge is 0.497 e. The van der Waals surface area contributed by atoms with Crippen LogP contribution in [-0.2, 0) is 0 Å². The highest BCUT2D eigenvalue weighted by Gasteiger charge is 1.89. The van der Waals surface area contributed by atoms with Crippen LogP contribution in [0.1, 0.15) is 5.56 Å². The van der Waals surface area contributed by atoms with Gasteiger partial charge in [0.2, 0.25) is 0 Å². The third-order valence-corrected chi connectivity index (χ3v) is 1.59. The fourth-order valence-corrected chi connectivity index (χ4v) is 0.918. The average molecular weight is 179 g/mol. The number of aliphatic hydroxyl groups excluding tert-OH is 1. The topological polar surface area (TPSA) is 41.8 Å². The Hall–Kier alpha value is -1.35. The van der Waals surface area contributed by atoms with Crippen molar-refractivity contribution in [2.24, 2.45) is 4.99 Å². The number of hydrogen-bond acceptors (Lipinski definition) is 3. The Morgan fingerprint density at radius 3 is 2.62 bits per heavy atom. The number of rotatable bonds is 4. The monoisotopic (exact) mass is 179 g/mol. The summed E-state index contributed by atoms with van der Waals surface area (Å²) in [5.41, 5.74) is 1.01. The Kier molecular flexibility index (Phi) is 3.99. The van der Waals surface area contributed by atoms with Gasteiger partial charge in [0, 0.05) is 6.21 Å². The van der Waals surface area contributed by atoms with E-state index >= 15 is 0 Å². The van der Waals surface area contributed by atoms with E-state index in [0.717, 1.165) is 11.3 Å². The van der Waals surface area contributed by atoms with Crippen molar-refractivity contribution in [3.63, 3.8) is 0 Å². The van der Waals surface area contributed by atoms with Gasteiger partial charge in [-0.3, -0.25) is 4.99 Å². The van der Waals surface area contributed by atoms with Crippen LogP contribution in [-0.4, -0.2) is 31.6 Å². The number of methoxy groups -OCH3 is 1. The lowest BCUT2D eigenvalue weighted by atomic mass is 10.2. The molecule has 1 N–H and O–H groups in total. The zero-order valence-corrected chi connectivity index (χ0v) is 7.60. The number of aliphatic hydroxyl groups is 1. The highest BCUT2D eigenvalue weighted by atomic mass is 16.5. The summed E-state index contributed by atoms with van der Waals surface area (Å²) < 4.78 is 5.01. The predicted molar refractivity (Wildman–Crippen MR) is 52.5 cm³/mol. The minimum Gasteiger partial charge on any atom is -0.497 e. The standard InChI is InChI=1S/C10H13NO2/c1-13-10-4-2-9(3-5-10)8-11-6-7-12/h2-5,8,12H,6-7H2,1H3. The predicted octanol–water partition coefficient (Wildman–Crippen LogP) is 1.11. The number of nitrogens with zero attached hydrogens (tertiary/aromatic N) is 1. The van der Waals surface area contributed by atoms with Gasteiger partial charge in [-0.1, -0.05) is 0 Å². The fraction of sp³-hybridized carbons (Fsp3) is 0.300. The normalized spacial score (nSPS) is 10.6. The van der Waals surface area contributed by atoms with E-state index in [-0.39, 0.29) is 6.61 Å². The lowest BCUT2D eigenvalue weighted by Crippen LogP contribution is -1.89. The molecule has 0 atom stereocenters. The molecule has 70 valence electrons. The van der Waals surface area contributed by atoms with Crippen LogP contribution in [0.25, 0.3) is 0 Å². The maximum atomic E-state index is 8.49. The molecule has 0 radical (unpaired) electrons. The third kappa shape index (κ3) is 3.25. The van der Waals surface area contributed by atoms with E-state index in [0.29, 0.717) is 6.54 Å². The molecule has 13 heavy (non-hydrogen) atoms. The van der Waals surface area contributed by atoms with Crippen molar-refractivity contribution in [1.29, 1.82) is 0 Å². The van der Waals surface area contributed by atoms with Gasteiger partial charge in [-0.05, 0) is 29.8 Å². The van der Waals surface area contributed by atoms with Crippen LogP contribution in [0.3, 0.4) is 0 Å². The smallest absolute Gasteiger partial charge is 0.118 e. The first-order chi connectivity index (χ1) is 6.36. The molecular formula is C10H13NO2. The van der Waals surface area contributed by atoms with Gasteiger partial charge >= 0.3 is 0 Å². The van der Waals surface area contributed by atoms with Crippen LogP contribution >= 0.6 is 0 Å². The third-order valence-electron chi connectivity index (χ3n) is 1.59. The first-order valence-electron chi connectivity index (χ1n) is 4.11. The van der Waals surface area contributed by atoms with Crippen LogP contribution in [0.2, 0.25) is 0 Å². The fourth-order valence-electron chi connectivity index (χ4n) is 0.918. The Morgan fingerprint density at radius 2 is 2.08 bits per heavy atom. The molecule has 0 saturated carbocycles. The molecule has 0 spiro atoms. The van der Waals surface area contributed by atoms with Crippen LogP contribution in [0, 0.1) is 0 Å². The number of aliphatic imine (C=N–C) groups is 1. The molecule has 0 saturated heterocycles. The summed E-state index contributed by atoms with van der Waals surface area (Å²) in [5, 5.41) is 8.49. The van der Waals surface area contributed by atoms with Crippen LogP contribution in [0.15, 0.2) is 29.3 Å². The van der Waals surface area contributed by atoms with E-state index < -0.39 is 0 Å². The van der Waals surface area contributed by atoms with Crippen molar-refractivity contribution in [3.05, 3.63) is 29.8 Å². The summed E-state index contributed by atoms with van der Waals surface area (Å²) in [6.07, 6.45) is 1.73. The molecular weight excluding hydrogens is 166 g/mol. The Balaban J connectivity index is 2.58. The van der Waals surface area contributed by atoms with E-state index in [1.54, 1.807) is 13.3 Å². The molecule has 0 amide bonds. The minimum atomic E-state index is 0.0899. The SMILES string of the molecule is COc1ccc(C=NCCO)cc1. The first kappa shape index (κ1) is 9.74. The maximum absolute atomic E-state index is 8.49. The molecule has 0 bridgehead atoms. The van der Waals surface area contributed by atoms with Crippen LogP contribution < -0.4 is 4.74 Å². The second-order valence-corrected chi connectivity index (χ2v) is 2.53. The van der Waals surface area contributed by atoms with Crippen molar-refractivity contribution in [1.82, 2.24) is 0 Å². The van der Waals surface area contributed by atoms with Crippen molar-refractivity contribution >= 4 is 6.21 Å². The quantitative estimate of drug-likeness (QED) is 0.703. The number of ether oxygens (including phenoxy) is 1. The van der Waals surface area contributed by atoms with Crippen LogP contribution in [0.5, 0.6) is 5.75 Å². The zero-order chi connectivity index (χ0) is 9.52. The molecule has 3 heteroatoms. The molecule has 3 nitrogen and oxygen atoms in total. The summed E-state index contributed by atoms with van der Waals surface area (Å²) in [4.78, 5) is 4.00. The summed E-state index contributed by atoms with van der Waals surface area (Å²) in [7, 11) is 1.63. The van der Waals surface area contributed by atoms with E-state index in [4.69, 9.17) is 9.84 Å². The van der Waals surface area contributed by atoms with Gasteiger partial charge in [-0.15, -0.1) is 0 Å². The van der Waals surface area contributed by atoms with E-state index in [1.807, 2.05) is 24.3 Å². The zero-order valence-electron chi connectivity index (χ0n) is 7.60. The van der Waals surface area contributed by atoms with Gasteiger partial charge in [0.05, 0.1) is 20.3 Å². The van der Waals surface area contributed by atoms with Crippen molar-refractivity contribution in [3.8, 4) is 5.75 Å². The molecule has 0 aromatic heterocycles. The molecule has 0 aliphatic rings. The Labute approximate surface area is 77.7 Å². The van der Waals surface area contributed by atoms with Gasteiger partial charge in [0.25, 0.3) is 0 Å². The molecule has 0 aliphatic heterocycles. The van der Waals surface area contributed by atoms with Crippen molar-refractivity contribution in [2.75, 3.05) is 20.3 Å². The lowest BCUT2D eigenvalue weighted by Gasteiger charge is -1.98. The molecule has 0 fully saturated rings. The second kappa shape index (κ2) is 5.32. The van der Waals surface area contributed by atoms with Gasteiger partial charge in [0.15, 0.2) is 0 Å². The maximum Gasteiger partial charge on any atom is 0.118 e. The number of hydrogen-bond donors (Lipinski definition) is 1. The molecule has 1 rings (SSSR count). The highest BCUT2D eigenvalue weighted by Crippen LogP contribution is 2.09. The van der Waals surface area contributed by atoms with Gasteiger partial charge in [0.1, 0.15) is 5.75 Å². The average Bonchev–Trinajstić information content (AvgIpc) is 2.19. The Bertz CT molecular complexity index is 267. The summed E-state index contributed by atoms with van der Waals surface area (Å²) >= 11 is 0. The molecule has 1 aromatic rings. The molecule has 0 unspecified atom stereocenters. The van der Waals surface area contributed by atoms with E-state index in [2.05, 4.69) is 4.99 Å². The van der Waals surface area contributed by atoms with Gasteiger partial charge in [-0.2, -0.15) is 0 Å². The van der Waals surface area contributed by atoms with E-state index in [9.17, 15) is 0 Å². The second-order valence-electron chi connectivity index (χ2n) is 2.53. The number of benzene rings is 1. The summed E-state index contributed by atoms with van der Waals surface area (Å²) in [6, 6.07) is 7.58. The van der Waals surface area contributed by atoms with E-state index in [1.165, 1.54) is 0 Å². The first-order valence-corrected chi connectivity index (χ1v) is 4.11.